The van der Waals surface area contributed by atoms with Crippen molar-refractivity contribution in [3.63, 3.8) is 0 Å². The molecule has 4 heteroatoms. The molecule has 1 spiro atoms. The number of benzene rings is 1. The molecule has 1 aliphatic heterocycles. The number of carbonyl (C=O) groups is 1. The predicted octanol–water partition coefficient (Wildman–Crippen LogP) is 2.08. The average Bonchev–Trinajstić information content (AvgIpc) is 2.54. The van der Waals surface area contributed by atoms with Gasteiger partial charge in [0.2, 0.25) is 5.91 Å². The fourth-order valence-corrected chi connectivity index (χ4v) is 4.78. The van der Waals surface area contributed by atoms with Crippen LogP contribution in [0.4, 0.5) is 0 Å². The molecule has 2 bridgehead atoms. The summed E-state index contributed by atoms with van der Waals surface area (Å²) in [4.78, 5) is 17.7. The van der Waals surface area contributed by atoms with Gasteiger partial charge in [-0.2, -0.15) is 0 Å². The Hall–Kier alpha value is -2.20. The average molecular weight is 292 g/mol. The lowest BCUT2D eigenvalue weighted by atomic mass is 9.49. The lowest BCUT2D eigenvalue weighted by molar-refractivity contribution is -0.167. The van der Waals surface area contributed by atoms with Gasteiger partial charge in [-0.05, 0) is 36.1 Å². The quantitative estimate of drug-likeness (QED) is 0.809. The van der Waals surface area contributed by atoms with E-state index < -0.39 is 11.0 Å². The Morgan fingerprint density at radius 2 is 2.05 bits per heavy atom. The monoisotopic (exact) mass is 292 g/mol. The highest BCUT2D eigenvalue weighted by Gasteiger charge is 2.67. The lowest BCUT2D eigenvalue weighted by Crippen LogP contribution is -2.70. The lowest BCUT2D eigenvalue weighted by Gasteiger charge is -2.59. The number of ether oxygens (including phenoxy) is 1. The molecule has 4 aliphatic rings. The molecule has 3 unspecified atom stereocenters. The molecule has 0 radical (unpaired) electrons. The fraction of sp³-hybridized carbons (Fsp3) is 0.333. The zero-order valence-electron chi connectivity index (χ0n) is 12.3. The van der Waals surface area contributed by atoms with Gasteiger partial charge in [0.05, 0.1) is 11.3 Å². The zero-order chi connectivity index (χ0) is 14.9. The first-order chi connectivity index (χ1) is 10.7. The Morgan fingerprint density at radius 1 is 1.23 bits per heavy atom. The van der Waals surface area contributed by atoms with Gasteiger partial charge < -0.3 is 10.1 Å². The van der Waals surface area contributed by atoms with Gasteiger partial charge in [0, 0.05) is 12.1 Å². The highest BCUT2D eigenvalue weighted by atomic mass is 16.5. The number of hydrogen-bond donors (Lipinski definition) is 1. The first-order valence-corrected chi connectivity index (χ1v) is 7.65. The van der Waals surface area contributed by atoms with Gasteiger partial charge in [-0.25, -0.2) is 0 Å². The highest BCUT2D eigenvalue weighted by Crippen LogP contribution is 2.61. The summed E-state index contributed by atoms with van der Waals surface area (Å²) in [7, 11) is 0. The van der Waals surface area contributed by atoms with Gasteiger partial charge in [0.15, 0.2) is 0 Å². The van der Waals surface area contributed by atoms with Gasteiger partial charge in [0.25, 0.3) is 0 Å². The standard InChI is InChI=1S/C18H16N2O2/c1-17-9-13-11-5-2-3-7-14(11)18(17,16(21)20-10-22-17)15-12(13)6-4-8-19-15/h2-8,13H,9-10H2,1H3,(H,20,21). The smallest absolute Gasteiger partial charge is 0.241 e. The van der Waals surface area contributed by atoms with Crippen LogP contribution in [-0.4, -0.2) is 23.2 Å². The van der Waals surface area contributed by atoms with Crippen LogP contribution in [0.5, 0.6) is 0 Å². The van der Waals surface area contributed by atoms with Crippen molar-refractivity contribution in [3.05, 3.63) is 65.0 Å². The summed E-state index contributed by atoms with van der Waals surface area (Å²) in [6, 6.07) is 12.3. The van der Waals surface area contributed by atoms with Crippen LogP contribution in [0.3, 0.4) is 0 Å². The molecule has 1 N–H and O–H groups in total. The number of nitrogens with zero attached hydrogens (tertiary/aromatic N) is 1. The summed E-state index contributed by atoms with van der Waals surface area (Å²) < 4.78 is 6.11. The Labute approximate surface area is 128 Å². The van der Waals surface area contributed by atoms with Crippen LogP contribution in [0.15, 0.2) is 42.6 Å². The third-order valence-corrected chi connectivity index (χ3v) is 5.66. The predicted molar refractivity (Wildman–Crippen MR) is 80.4 cm³/mol. The Bertz CT molecular complexity index is 769. The van der Waals surface area contributed by atoms with Crippen molar-refractivity contribution in [2.24, 2.45) is 0 Å². The van der Waals surface area contributed by atoms with Gasteiger partial charge in [-0.3, -0.25) is 9.78 Å². The van der Waals surface area contributed by atoms with E-state index in [1.54, 1.807) is 6.20 Å². The van der Waals surface area contributed by atoms with Crippen molar-refractivity contribution < 1.29 is 9.53 Å². The van der Waals surface area contributed by atoms with E-state index in [1.807, 2.05) is 18.2 Å². The van der Waals surface area contributed by atoms with Crippen LogP contribution in [0.1, 0.15) is 41.6 Å². The van der Waals surface area contributed by atoms with Gasteiger partial charge in [0.1, 0.15) is 12.1 Å². The highest BCUT2D eigenvalue weighted by molar-refractivity contribution is 5.96. The number of amides is 1. The van der Waals surface area contributed by atoms with E-state index >= 15 is 0 Å². The maximum atomic E-state index is 13.1. The van der Waals surface area contributed by atoms with E-state index in [-0.39, 0.29) is 18.6 Å². The number of rotatable bonds is 0. The Kier molecular flexibility index (Phi) is 2.11. The van der Waals surface area contributed by atoms with Crippen LogP contribution in [-0.2, 0) is 14.9 Å². The summed E-state index contributed by atoms with van der Waals surface area (Å²) in [5, 5.41) is 2.90. The first-order valence-electron chi connectivity index (χ1n) is 7.65. The van der Waals surface area contributed by atoms with E-state index in [9.17, 15) is 4.79 Å². The molecule has 2 heterocycles. The second-order valence-electron chi connectivity index (χ2n) is 6.56. The molecule has 1 saturated heterocycles. The molecular formula is C18H16N2O2. The van der Waals surface area contributed by atoms with Gasteiger partial charge in [-0.1, -0.05) is 30.3 Å². The minimum atomic E-state index is -0.840. The van der Waals surface area contributed by atoms with Crippen LogP contribution in [0, 0.1) is 0 Å². The van der Waals surface area contributed by atoms with Gasteiger partial charge >= 0.3 is 0 Å². The zero-order valence-corrected chi connectivity index (χ0v) is 12.3. The molecule has 1 fully saturated rings. The third kappa shape index (κ3) is 1.13. The molecule has 4 nitrogen and oxygen atoms in total. The molecule has 0 saturated carbocycles. The van der Waals surface area contributed by atoms with Crippen molar-refractivity contribution in [2.75, 3.05) is 6.73 Å². The van der Waals surface area contributed by atoms with E-state index in [2.05, 4.69) is 35.4 Å². The van der Waals surface area contributed by atoms with Crippen molar-refractivity contribution in [2.45, 2.75) is 30.3 Å². The molecule has 2 aromatic rings. The largest absolute Gasteiger partial charge is 0.353 e. The first kappa shape index (κ1) is 12.4. The summed E-state index contributed by atoms with van der Waals surface area (Å²) in [6.45, 7) is 2.33. The second kappa shape index (κ2) is 3.76. The SMILES string of the molecule is CC12CC3c4ccccc4C1(C(=O)NCO2)c1ncccc13. The third-order valence-electron chi connectivity index (χ3n) is 5.66. The second-order valence-corrected chi connectivity index (χ2v) is 6.56. The fourth-order valence-electron chi connectivity index (χ4n) is 4.78. The summed E-state index contributed by atoms with van der Waals surface area (Å²) in [5.74, 6) is 0.254. The van der Waals surface area contributed by atoms with E-state index in [4.69, 9.17) is 4.74 Å². The normalized spacial score (nSPS) is 34.4. The van der Waals surface area contributed by atoms with E-state index in [0.29, 0.717) is 0 Å². The number of nitrogens with one attached hydrogen (secondary N) is 1. The van der Waals surface area contributed by atoms with Crippen LogP contribution < -0.4 is 5.32 Å². The number of hydrogen-bond acceptors (Lipinski definition) is 3. The van der Waals surface area contributed by atoms with Crippen LogP contribution >= 0.6 is 0 Å². The molecule has 1 aromatic carbocycles. The number of pyridine rings is 1. The van der Waals surface area contributed by atoms with Crippen molar-refractivity contribution in [1.29, 1.82) is 0 Å². The van der Waals surface area contributed by atoms with Crippen molar-refractivity contribution in [1.82, 2.24) is 10.3 Å². The van der Waals surface area contributed by atoms with Gasteiger partial charge in [-0.15, -0.1) is 0 Å². The molecule has 110 valence electrons. The van der Waals surface area contributed by atoms with Crippen molar-refractivity contribution >= 4 is 5.91 Å². The molecule has 3 atom stereocenters. The molecule has 22 heavy (non-hydrogen) atoms. The number of carbonyl (C=O) groups excluding carboxylic acids is 1. The summed E-state index contributed by atoms with van der Waals surface area (Å²) in [6.07, 6.45) is 2.59. The Balaban J connectivity index is 1.97. The molecule has 1 aromatic heterocycles. The van der Waals surface area contributed by atoms with Crippen molar-refractivity contribution in [3.8, 4) is 0 Å². The summed E-state index contributed by atoms with van der Waals surface area (Å²) >= 11 is 0. The molecule has 1 amide bonds. The molecular weight excluding hydrogens is 276 g/mol. The summed E-state index contributed by atoms with van der Waals surface area (Å²) in [5.41, 5.74) is 2.94. The topological polar surface area (TPSA) is 51.2 Å². The number of aromatic nitrogens is 1. The minimum absolute atomic E-state index is 0.00630. The minimum Gasteiger partial charge on any atom is -0.353 e. The van der Waals surface area contributed by atoms with E-state index in [0.717, 1.165) is 17.7 Å². The van der Waals surface area contributed by atoms with Crippen LogP contribution in [0.2, 0.25) is 0 Å². The van der Waals surface area contributed by atoms with Crippen LogP contribution in [0.25, 0.3) is 0 Å². The van der Waals surface area contributed by atoms with E-state index in [1.165, 1.54) is 11.1 Å². The molecule has 3 aliphatic carbocycles. The maximum Gasteiger partial charge on any atom is 0.241 e. The Morgan fingerprint density at radius 3 is 2.95 bits per heavy atom. The molecule has 6 rings (SSSR count). The maximum absolute atomic E-state index is 13.1.